The van der Waals surface area contributed by atoms with E-state index in [1.165, 1.54) is 11.1 Å². The van der Waals surface area contributed by atoms with Gasteiger partial charge in [0, 0.05) is 20.6 Å². The van der Waals surface area contributed by atoms with Crippen molar-refractivity contribution in [1.82, 2.24) is 10.2 Å². The maximum Gasteiger partial charge on any atom is 0.193 e. The second-order valence-corrected chi connectivity index (χ2v) is 5.89. The van der Waals surface area contributed by atoms with Gasteiger partial charge in [-0.05, 0) is 29.7 Å². The van der Waals surface area contributed by atoms with Crippen LogP contribution in [0, 0.1) is 0 Å². The van der Waals surface area contributed by atoms with E-state index in [1.54, 1.807) is 14.2 Å². The highest BCUT2D eigenvalue weighted by molar-refractivity contribution is 14.0. The van der Waals surface area contributed by atoms with E-state index in [0.29, 0.717) is 6.54 Å². The summed E-state index contributed by atoms with van der Waals surface area (Å²) in [6.45, 7) is 1.46. The fourth-order valence-electron chi connectivity index (χ4n) is 2.46. The average molecular weight is 469 g/mol. The van der Waals surface area contributed by atoms with E-state index in [0.717, 1.165) is 30.4 Å². The molecule has 142 valence electrons. The van der Waals surface area contributed by atoms with Crippen LogP contribution in [0.5, 0.6) is 11.5 Å². The van der Waals surface area contributed by atoms with Gasteiger partial charge < -0.3 is 19.7 Å². The molecule has 1 N–H and O–H groups in total. The fourth-order valence-corrected chi connectivity index (χ4v) is 2.46. The van der Waals surface area contributed by atoms with Gasteiger partial charge in [-0.25, -0.2) is 4.99 Å². The number of rotatable bonds is 7. The smallest absolute Gasteiger partial charge is 0.193 e. The van der Waals surface area contributed by atoms with Crippen molar-refractivity contribution in [2.75, 3.05) is 34.9 Å². The van der Waals surface area contributed by atoms with E-state index in [9.17, 15) is 0 Å². The minimum Gasteiger partial charge on any atom is -0.493 e. The second kappa shape index (κ2) is 11.6. The molecule has 0 fully saturated rings. The molecule has 0 unspecified atom stereocenters. The summed E-state index contributed by atoms with van der Waals surface area (Å²) in [4.78, 5) is 6.67. The number of ether oxygens (including phenoxy) is 2. The number of aliphatic imine (C=N–C) groups is 1. The van der Waals surface area contributed by atoms with Gasteiger partial charge in [0.25, 0.3) is 0 Å². The zero-order valence-electron chi connectivity index (χ0n) is 15.9. The predicted molar refractivity (Wildman–Crippen MR) is 118 cm³/mol. The largest absolute Gasteiger partial charge is 0.493 e. The molecule has 2 rings (SSSR count). The molecule has 0 aromatic heterocycles. The van der Waals surface area contributed by atoms with E-state index >= 15 is 0 Å². The Morgan fingerprint density at radius 1 is 0.962 bits per heavy atom. The lowest BCUT2D eigenvalue weighted by molar-refractivity contribution is 0.354. The molecule has 0 aliphatic rings. The highest BCUT2D eigenvalue weighted by atomic mass is 127. The fraction of sp³-hybridized carbons (Fsp3) is 0.350. The number of halogens is 1. The van der Waals surface area contributed by atoms with Crippen molar-refractivity contribution in [3.8, 4) is 11.5 Å². The van der Waals surface area contributed by atoms with Gasteiger partial charge in [0.2, 0.25) is 0 Å². The number of guanidine groups is 1. The minimum absolute atomic E-state index is 0. The molecule has 0 radical (unpaired) electrons. The van der Waals surface area contributed by atoms with Crippen molar-refractivity contribution >= 4 is 29.9 Å². The summed E-state index contributed by atoms with van der Waals surface area (Å²) < 4.78 is 10.6. The van der Waals surface area contributed by atoms with E-state index in [-0.39, 0.29) is 24.0 Å². The van der Waals surface area contributed by atoms with Crippen molar-refractivity contribution in [3.05, 3.63) is 59.7 Å². The molecule has 2 aromatic carbocycles. The summed E-state index contributed by atoms with van der Waals surface area (Å²) in [5.74, 6) is 2.38. The number of benzene rings is 2. The van der Waals surface area contributed by atoms with Crippen LogP contribution >= 0.6 is 24.0 Å². The molecule has 2 aromatic rings. The summed E-state index contributed by atoms with van der Waals surface area (Å²) in [7, 11) is 7.28. The van der Waals surface area contributed by atoms with E-state index in [1.807, 2.05) is 49.3 Å². The van der Waals surface area contributed by atoms with Crippen molar-refractivity contribution in [1.29, 1.82) is 0 Å². The molecule has 0 heterocycles. The van der Waals surface area contributed by atoms with Crippen LogP contribution in [-0.2, 0) is 13.0 Å². The molecule has 0 saturated heterocycles. The van der Waals surface area contributed by atoms with Gasteiger partial charge in [-0.15, -0.1) is 24.0 Å². The lowest BCUT2D eigenvalue weighted by Gasteiger charge is -2.18. The second-order valence-electron chi connectivity index (χ2n) is 5.89. The Kier molecular flexibility index (Phi) is 9.87. The zero-order chi connectivity index (χ0) is 18.1. The van der Waals surface area contributed by atoms with Gasteiger partial charge >= 0.3 is 0 Å². The Bertz CT molecular complexity index is 691. The van der Waals surface area contributed by atoms with Crippen molar-refractivity contribution < 1.29 is 9.47 Å². The number of hydrogen-bond donors (Lipinski definition) is 1. The third-order valence-electron chi connectivity index (χ3n) is 3.82. The molecule has 26 heavy (non-hydrogen) atoms. The molecule has 0 bridgehead atoms. The molecule has 6 heteroatoms. The van der Waals surface area contributed by atoms with Crippen LogP contribution in [0.25, 0.3) is 0 Å². The first kappa shape index (κ1) is 22.1. The van der Waals surface area contributed by atoms with Crippen LogP contribution < -0.4 is 14.8 Å². The highest BCUT2D eigenvalue weighted by Gasteiger charge is 2.06. The maximum atomic E-state index is 5.35. The summed E-state index contributed by atoms with van der Waals surface area (Å²) in [6.07, 6.45) is 0.874. The summed E-state index contributed by atoms with van der Waals surface area (Å²) in [5.41, 5.74) is 2.38. The van der Waals surface area contributed by atoms with Gasteiger partial charge in [-0.1, -0.05) is 36.4 Å². The summed E-state index contributed by atoms with van der Waals surface area (Å²) in [6, 6.07) is 16.2. The Morgan fingerprint density at radius 3 is 2.27 bits per heavy atom. The molecule has 0 spiro atoms. The van der Waals surface area contributed by atoms with E-state index in [4.69, 9.17) is 9.47 Å². The quantitative estimate of drug-likeness (QED) is 0.383. The van der Waals surface area contributed by atoms with Gasteiger partial charge in [-0.3, -0.25) is 0 Å². The van der Waals surface area contributed by atoms with Crippen LogP contribution in [0.1, 0.15) is 11.1 Å². The van der Waals surface area contributed by atoms with E-state index in [2.05, 4.69) is 28.5 Å². The van der Waals surface area contributed by atoms with Gasteiger partial charge in [-0.2, -0.15) is 0 Å². The zero-order valence-corrected chi connectivity index (χ0v) is 18.2. The number of methoxy groups -OCH3 is 2. The average Bonchev–Trinajstić information content (AvgIpc) is 2.64. The van der Waals surface area contributed by atoms with Crippen LogP contribution in [0.2, 0.25) is 0 Å². The van der Waals surface area contributed by atoms with Gasteiger partial charge in [0.1, 0.15) is 0 Å². The van der Waals surface area contributed by atoms with Crippen LogP contribution in [0.3, 0.4) is 0 Å². The SMILES string of the molecule is COc1ccc(CCNC(=NCc2ccccc2)N(C)C)cc1OC.I. The summed E-state index contributed by atoms with van der Waals surface area (Å²) >= 11 is 0. The lowest BCUT2D eigenvalue weighted by Crippen LogP contribution is -2.37. The van der Waals surface area contributed by atoms with Gasteiger partial charge in [0.15, 0.2) is 17.5 Å². The van der Waals surface area contributed by atoms with Crippen molar-refractivity contribution in [2.24, 2.45) is 4.99 Å². The molecule has 0 aliphatic heterocycles. The molecule has 0 aliphatic carbocycles. The van der Waals surface area contributed by atoms with Crippen LogP contribution in [-0.4, -0.2) is 45.7 Å². The third-order valence-corrected chi connectivity index (χ3v) is 3.82. The molecular formula is C20H28IN3O2. The first-order valence-corrected chi connectivity index (χ1v) is 8.34. The van der Waals surface area contributed by atoms with E-state index < -0.39 is 0 Å². The van der Waals surface area contributed by atoms with Crippen molar-refractivity contribution in [3.63, 3.8) is 0 Å². The van der Waals surface area contributed by atoms with Crippen LogP contribution in [0.15, 0.2) is 53.5 Å². The minimum atomic E-state index is 0. The highest BCUT2D eigenvalue weighted by Crippen LogP contribution is 2.27. The Morgan fingerprint density at radius 2 is 1.65 bits per heavy atom. The van der Waals surface area contributed by atoms with Crippen molar-refractivity contribution in [2.45, 2.75) is 13.0 Å². The Balaban J connectivity index is 0.00000338. The monoisotopic (exact) mass is 469 g/mol. The molecule has 5 nitrogen and oxygen atoms in total. The molecule has 0 amide bonds. The summed E-state index contributed by atoms with van der Waals surface area (Å²) in [5, 5.41) is 3.41. The third kappa shape index (κ3) is 6.74. The number of hydrogen-bond acceptors (Lipinski definition) is 3. The lowest BCUT2D eigenvalue weighted by atomic mass is 10.1. The maximum absolute atomic E-state index is 5.35. The first-order valence-electron chi connectivity index (χ1n) is 8.34. The first-order chi connectivity index (χ1) is 12.1. The number of nitrogens with zero attached hydrogens (tertiary/aromatic N) is 2. The van der Waals surface area contributed by atoms with Crippen LogP contribution in [0.4, 0.5) is 0 Å². The topological polar surface area (TPSA) is 46.1 Å². The Hall–Kier alpha value is -1.96. The normalized spacial score (nSPS) is 10.7. The van der Waals surface area contributed by atoms with Gasteiger partial charge in [0.05, 0.1) is 20.8 Å². The molecule has 0 atom stereocenters. The Labute approximate surface area is 173 Å². The number of nitrogens with one attached hydrogen (secondary N) is 1. The molecular weight excluding hydrogens is 441 g/mol. The predicted octanol–water partition coefficient (Wildman–Crippen LogP) is 3.57. The molecule has 0 saturated carbocycles. The standard InChI is InChI=1S/C20H27N3O2.HI/c1-23(2)20(22-15-17-8-6-5-7-9-17)21-13-12-16-10-11-18(24-3)19(14-16)25-4;/h5-11,14H,12-13,15H2,1-4H3,(H,21,22);1H.